The van der Waals surface area contributed by atoms with Gasteiger partial charge in [-0.25, -0.2) is 15.0 Å². The monoisotopic (exact) mass is 366 g/mol. The Morgan fingerprint density at radius 2 is 1.89 bits per heavy atom. The van der Waals surface area contributed by atoms with Crippen LogP contribution in [-0.4, -0.2) is 33.8 Å². The molecular formula is C21H26N4O2. The van der Waals surface area contributed by atoms with Gasteiger partial charge in [0.1, 0.15) is 5.78 Å². The molecule has 2 aromatic rings. The zero-order valence-corrected chi connectivity index (χ0v) is 16.0. The largest absolute Gasteiger partial charge is 0.436 e. The summed E-state index contributed by atoms with van der Waals surface area (Å²) >= 11 is 0. The van der Waals surface area contributed by atoms with E-state index in [9.17, 15) is 4.79 Å². The van der Waals surface area contributed by atoms with Crippen LogP contribution >= 0.6 is 0 Å². The van der Waals surface area contributed by atoms with Crippen LogP contribution in [0.1, 0.15) is 45.1 Å². The van der Waals surface area contributed by atoms with E-state index in [0.717, 1.165) is 24.6 Å². The molecule has 142 valence electrons. The summed E-state index contributed by atoms with van der Waals surface area (Å²) < 4.78 is 5.73. The molecule has 1 fully saturated rings. The lowest BCUT2D eigenvalue weighted by atomic mass is 10.0. The van der Waals surface area contributed by atoms with E-state index in [0.29, 0.717) is 18.1 Å². The Morgan fingerprint density at radius 1 is 1.15 bits per heavy atom. The predicted octanol–water partition coefficient (Wildman–Crippen LogP) is 4.28. The van der Waals surface area contributed by atoms with Crippen LogP contribution in [0.4, 0.5) is 5.95 Å². The van der Waals surface area contributed by atoms with E-state index in [1.54, 1.807) is 25.5 Å². The zero-order chi connectivity index (χ0) is 19.1. The Balaban J connectivity index is 1.56. The van der Waals surface area contributed by atoms with E-state index in [1.807, 2.05) is 31.2 Å². The highest BCUT2D eigenvalue weighted by Crippen LogP contribution is 2.21. The highest BCUT2D eigenvalue weighted by molar-refractivity contribution is 5.76. The van der Waals surface area contributed by atoms with E-state index < -0.39 is 0 Å². The standard InChI is InChI=1S/C21H26N4O2/c1-16(12-17(2)26)6-7-18-8-9-20(22-13-18)27-19-14-23-21(24-15-19)25-10-4-3-5-11-25/h6-9,13-16H,3-5,10-12H2,1-2H3/b7-6+/t16-/m0/s1. The molecule has 0 amide bonds. The van der Waals surface area contributed by atoms with Gasteiger partial charge >= 0.3 is 0 Å². The molecule has 0 aliphatic carbocycles. The van der Waals surface area contributed by atoms with Crippen LogP contribution in [0, 0.1) is 5.92 Å². The number of ketones is 1. The van der Waals surface area contributed by atoms with E-state index in [-0.39, 0.29) is 11.7 Å². The van der Waals surface area contributed by atoms with Crippen LogP contribution in [0.5, 0.6) is 11.6 Å². The number of hydrogen-bond acceptors (Lipinski definition) is 6. The Labute approximate surface area is 160 Å². The smallest absolute Gasteiger partial charge is 0.225 e. The molecule has 0 bridgehead atoms. The van der Waals surface area contributed by atoms with Crippen molar-refractivity contribution in [3.05, 3.63) is 42.4 Å². The Bertz CT molecular complexity index is 766. The second-order valence-corrected chi connectivity index (χ2v) is 7.04. The summed E-state index contributed by atoms with van der Waals surface area (Å²) in [6.45, 7) is 5.67. The van der Waals surface area contributed by atoms with Crippen molar-refractivity contribution in [2.24, 2.45) is 5.92 Å². The maximum absolute atomic E-state index is 11.1. The molecule has 0 spiro atoms. The average molecular weight is 366 g/mol. The van der Waals surface area contributed by atoms with Gasteiger partial charge in [-0.3, -0.25) is 0 Å². The minimum absolute atomic E-state index is 0.197. The third kappa shape index (κ3) is 5.88. The number of ether oxygens (including phenoxy) is 1. The van der Waals surface area contributed by atoms with E-state index in [4.69, 9.17) is 4.74 Å². The fraction of sp³-hybridized carbons (Fsp3) is 0.429. The van der Waals surface area contributed by atoms with Crippen molar-refractivity contribution < 1.29 is 9.53 Å². The van der Waals surface area contributed by atoms with Gasteiger partial charge in [-0.2, -0.15) is 0 Å². The van der Waals surface area contributed by atoms with Gasteiger partial charge < -0.3 is 14.4 Å². The molecule has 27 heavy (non-hydrogen) atoms. The van der Waals surface area contributed by atoms with Gasteiger partial charge in [0.15, 0.2) is 5.75 Å². The lowest BCUT2D eigenvalue weighted by Crippen LogP contribution is -2.30. The summed E-state index contributed by atoms with van der Waals surface area (Å²) in [6, 6.07) is 3.75. The first-order chi connectivity index (χ1) is 13.1. The molecule has 0 radical (unpaired) electrons. The van der Waals surface area contributed by atoms with E-state index >= 15 is 0 Å². The number of hydrogen-bond donors (Lipinski definition) is 0. The highest BCUT2D eigenvalue weighted by Gasteiger charge is 2.13. The number of carbonyl (C=O) groups is 1. The Morgan fingerprint density at radius 3 is 2.52 bits per heavy atom. The second kappa shape index (κ2) is 9.26. The third-order valence-corrected chi connectivity index (χ3v) is 4.46. The van der Waals surface area contributed by atoms with Crippen molar-refractivity contribution >= 4 is 17.8 Å². The predicted molar refractivity (Wildman–Crippen MR) is 106 cm³/mol. The number of rotatable bonds is 7. The fourth-order valence-electron chi connectivity index (χ4n) is 3.09. The molecule has 0 saturated carbocycles. The van der Waals surface area contributed by atoms with Crippen molar-refractivity contribution in [3.63, 3.8) is 0 Å². The molecule has 0 aromatic carbocycles. The van der Waals surface area contributed by atoms with Crippen molar-refractivity contribution in [1.82, 2.24) is 15.0 Å². The summed E-state index contributed by atoms with van der Waals surface area (Å²) in [5, 5.41) is 0. The first-order valence-electron chi connectivity index (χ1n) is 9.49. The van der Waals surface area contributed by atoms with Gasteiger partial charge in [-0.05, 0) is 43.7 Å². The Kier molecular flexibility index (Phi) is 6.52. The third-order valence-electron chi connectivity index (χ3n) is 4.46. The molecule has 2 aromatic heterocycles. The molecule has 3 rings (SSSR count). The number of piperidine rings is 1. The van der Waals surface area contributed by atoms with Crippen LogP contribution < -0.4 is 9.64 Å². The van der Waals surface area contributed by atoms with Gasteiger partial charge in [-0.15, -0.1) is 0 Å². The molecule has 3 heterocycles. The Hall–Kier alpha value is -2.76. The maximum Gasteiger partial charge on any atom is 0.225 e. The van der Waals surface area contributed by atoms with Crippen LogP contribution in [-0.2, 0) is 4.79 Å². The quantitative estimate of drug-likeness (QED) is 0.728. The minimum Gasteiger partial charge on any atom is -0.436 e. The number of aromatic nitrogens is 3. The number of nitrogens with zero attached hydrogens (tertiary/aromatic N) is 4. The molecule has 0 unspecified atom stereocenters. The lowest BCUT2D eigenvalue weighted by molar-refractivity contribution is -0.117. The average Bonchev–Trinajstić information content (AvgIpc) is 2.68. The van der Waals surface area contributed by atoms with E-state index in [2.05, 4.69) is 19.9 Å². The number of allylic oxidation sites excluding steroid dienone is 1. The molecule has 1 aliphatic heterocycles. The normalized spacial score (nSPS) is 15.7. The van der Waals surface area contributed by atoms with Gasteiger partial charge in [-0.1, -0.05) is 19.1 Å². The van der Waals surface area contributed by atoms with Gasteiger partial charge in [0.05, 0.1) is 12.4 Å². The van der Waals surface area contributed by atoms with Gasteiger partial charge in [0.25, 0.3) is 0 Å². The second-order valence-electron chi connectivity index (χ2n) is 7.04. The summed E-state index contributed by atoms with van der Waals surface area (Å²) in [7, 11) is 0. The number of pyridine rings is 1. The van der Waals surface area contributed by atoms with Crippen molar-refractivity contribution in [2.45, 2.75) is 39.5 Å². The maximum atomic E-state index is 11.1. The molecule has 1 saturated heterocycles. The summed E-state index contributed by atoms with van der Waals surface area (Å²) in [5.41, 5.74) is 0.967. The van der Waals surface area contributed by atoms with Crippen molar-refractivity contribution in [2.75, 3.05) is 18.0 Å². The fourth-order valence-corrected chi connectivity index (χ4v) is 3.09. The highest BCUT2D eigenvalue weighted by atomic mass is 16.5. The van der Waals surface area contributed by atoms with Crippen LogP contribution in [0.2, 0.25) is 0 Å². The van der Waals surface area contributed by atoms with Crippen molar-refractivity contribution in [1.29, 1.82) is 0 Å². The van der Waals surface area contributed by atoms with Gasteiger partial charge in [0.2, 0.25) is 11.8 Å². The topological polar surface area (TPSA) is 68.2 Å². The molecule has 0 N–H and O–H groups in total. The van der Waals surface area contributed by atoms with E-state index in [1.165, 1.54) is 19.3 Å². The lowest BCUT2D eigenvalue weighted by Gasteiger charge is -2.26. The van der Waals surface area contributed by atoms with Crippen LogP contribution in [0.25, 0.3) is 6.08 Å². The zero-order valence-electron chi connectivity index (χ0n) is 16.0. The summed E-state index contributed by atoms with van der Waals surface area (Å²) in [5.74, 6) is 2.24. The summed E-state index contributed by atoms with van der Waals surface area (Å²) in [6.07, 6.45) is 13.3. The molecule has 6 heteroatoms. The first-order valence-corrected chi connectivity index (χ1v) is 9.49. The number of anilines is 1. The minimum atomic E-state index is 0.197. The SMILES string of the molecule is CC(=O)C[C@@H](C)/C=C/c1ccc(Oc2cnc(N3CCCCC3)nc2)nc1. The van der Waals surface area contributed by atoms with Crippen molar-refractivity contribution in [3.8, 4) is 11.6 Å². The van der Waals surface area contributed by atoms with Crippen LogP contribution in [0.15, 0.2) is 36.8 Å². The van der Waals surface area contributed by atoms with Gasteiger partial charge in [0, 0.05) is 31.8 Å². The summed E-state index contributed by atoms with van der Waals surface area (Å²) in [4.78, 5) is 26.5. The molecular weight excluding hydrogens is 340 g/mol. The first kappa shape index (κ1) is 19.0. The molecule has 1 aliphatic rings. The molecule has 1 atom stereocenters. The van der Waals surface area contributed by atoms with Crippen LogP contribution in [0.3, 0.4) is 0 Å². The number of carbonyl (C=O) groups excluding carboxylic acids is 1. The number of Topliss-reactive ketones (excluding diaryl/α,β-unsaturated/α-hetero) is 1. The molecule has 6 nitrogen and oxygen atoms in total.